The highest BCUT2D eigenvalue weighted by molar-refractivity contribution is 8.01. The zero-order valence-electron chi connectivity index (χ0n) is 8.85. The van der Waals surface area contributed by atoms with Gasteiger partial charge in [0.15, 0.2) is 0 Å². The fourth-order valence-corrected chi connectivity index (χ4v) is 3.26. The molecule has 2 rings (SSSR count). The Hall–Kier alpha value is -1.00. The largest absolute Gasteiger partial charge is 0.480 e. The lowest BCUT2D eigenvalue weighted by molar-refractivity contribution is -0.139. The van der Waals surface area contributed by atoms with Gasteiger partial charge in [-0.15, -0.1) is 11.8 Å². The van der Waals surface area contributed by atoms with Gasteiger partial charge >= 0.3 is 5.97 Å². The van der Waals surface area contributed by atoms with E-state index in [2.05, 4.69) is 0 Å². The summed E-state index contributed by atoms with van der Waals surface area (Å²) in [5.74, 6) is -0.303. The number of benzene rings is 1. The number of rotatable bonds is 4. The summed E-state index contributed by atoms with van der Waals surface area (Å²) in [6, 6.07) is 7.85. The molecule has 0 saturated heterocycles. The monoisotopic (exact) mass is 238 g/mol. The normalized spacial score (nSPS) is 17.1. The van der Waals surface area contributed by atoms with Gasteiger partial charge in [-0.2, -0.15) is 0 Å². The molecule has 0 saturated carbocycles. The van der Waals surface area contributed by atoms with Crippen LogP contribution in [0, 0.1) is 0 Å². The highest BCUT2D eigenvalue weighted by Crippen LogP contribution is 2.40. The van der Waals surface area contributed by atoms with Gasteiger partial charge in [0.2, 0.25) is 0 Å². The lowest BCUT2D eigenvalue weighted by Crippen LogP contribution is -2.36. The SMILES string of the molecule is O=C(O)C1(SCCO)Cc2ccccc2C1. The first-order chi connectivity index (χ1) is 7.68. The Morgan fingerprint density at radius 2 is 1.88 bits per heavy atom. The lowest BCUT2D eigenvalue weighted by Gasteiger charge is -2.22. The van der Waals surface area contributed by atoms with Crippen molar-refractivity contribution in [2.75, 3.05) is 12.4 Å². The molecule has 0 bridgehead atoms. The molecule has 1 aliphatic rings. The third-order valence-corrected chi connectivity index (χ3v) is 4.33. The van der Waals surface area contributed by atoms with E-state index in [-0.39, 0.29) is 6.61 Å². The summed E-state index contributed by atoms with van der Waals surface area (Å²) in [6.45, 7) is 0.0239. The van der Waals surface area contributed by atoms with Gasteiger partial charge in [0.05, 0.1) is 6.61 Å². The Labute approximate surface area is 98.5 Å². The molecule has 1 aliphatic carbocycles. The zero-order chi connectivity index (χ0) is 11.6. The van der Waals surface area contributed by atoms with E-state index < -0.39 is 10.7 Å². The quantitative estimate of drug-likeness (QED) is 0.831. The van der Waals surface area contributed by atoms with Crippen molar-refractivity contribution in [3.05, 3.63) is 35.4 Å². The third kappa shape index (κ3) is 1.95. The van der Waals surface area contributed by atoms with Crippen molar-refractivity contribution in [3.8, 4) is 0 Å². The van der Waals surface area contributed by atoms with Gasteiger partial charge in [-0.1, -0.05) is 24.3 Å². The number of thioether (sulfide) groups is 1. The Kier molecular flexibility index (Phi) is 3.21. The van der Waals surface area contributed by atoms with E-state index >= 15 is 0 Å². The number of aliphatic hydroxyl groups excluding tert-OH is 1. The molecule has 0 heterocycles. The number of carboxylic acids is 1. The second-order valence-electron chi connectivity index (χ2n) is 3.99. The van der Waals surface area contributed by atoms with Crippen molar-refractivity contribution in [2.45, 2.75) is 17.6 Å². The van der Waals surface area contributed by atoms with Gasteiger partial charge in [-0.3, -0.25) is 4.79 Å². The van der Waals surface area contributed by atoms with Crippen LogP contribution in [0.5, 0.6) is 0 Å². The minimum atomic E-state index is -0.776. The second kappa shape index (κ2) is 4.47. The van der Waals surface area contributed by atoms with Gasteiger partial charge in [-0.05, 0) is 24.0 Å². The molecule has 0 amide bonds. The first-order valence-electron chi connectivity index (χ1n) is 5.23. The van der Waals surface area contributed by atoms with Gasteiger partial charge in [0.1, 0.15) is 4.75 Å². The van der Waals surface area contributed by atoms with Crippen LogP contribution in [0.2, 0.25) is 0 Å². The maximum Gasteiger partial charge on any atom is 0.320 e. The van der Waals surface area contributed by atoms with Crippen LogP contribution in [-0.2, 0) is 17.6 Å². The average molecular weight is 238 g/mol. The molecule has 0 atom stereocenters. The smallest absolute Gasteiger partial charge is 0.320 e. The molecule has 3 nitrogen and oxygen atoms in total. The molecular weight excluding hydrogens is 224 g/mol. The summed E-state index contributed by atoms with van der Waals surface area (Å²) in [7, 11) is 0. The van der Waals surface area contributed by atoms with E-state index in [9.17, 15) is 9.90 Å². The molecule has 0 aromatic heterocycles. The van der Waals surface area contributed by atoms with Crippen molar-refractivity contribution in [1.29, 1.82) is 0 Å². The topological polar surface area (TPSA) is 57.5 Å². The van der Waals surface area contributed by atoms with Crippen molar-refractivity contribution in [3.63, 3.8) is 0 Å². The second-order valence-corrected chi connectivity index (χ2v) is 5.47. The molecule has 0 fully saturated rings. The van der Waals surface area contributed by atoms with Crippen LogP contribution >= 0.6 is 11.8 Å². The van der Waals surface area contributed by atoms with Crippen LogP contribution in [-0.4, -0.2) is 33.3 Å². The first kappa shape index (κ1) is 11.5. The minimum absolute atomic E-state index is 0.0239. The number of aliphatic carboxylic acids is 1. The molecule has 4 heteroatoms. The van der Waals surface area contributed by atoms with Crippen LogP contribution in [0.1, 0.15) is 11.1 Å². The number of aliphatic hydroxyl groups is 1. The predicted octanol–water partition coefficient (Wildman–Crippen LogP) is 1.33. The number of carboxylic acid groups (broad SMARTS) is 1. The highest BCUT2D eigenvalue weighted by atomic mass is 32.2. The first-order valence-corrected chi connectivity index (χ1v) is 6.21. The number of hydrogen-bond acceptors (Lipinski definition) is 3. The molecule has 2 N–H and O–H groups in total. The van der Waals surface area contributed by atoms with Crippen molar-refractivity contribution in [1.82, 2.24) is 0 Å². The van der Waals surface area contributed by atoms with E-state index in [0.717, 1.165) is 11.1 Å². The lowest BCUT2D eigenvalue weighted by atomic mass is 10.1. The van der Waals surface area contributed by atoms with E-state index in [4.69, 9.17) is 5.11 Å². The molecular formula is C12H14O3S. The van der Waals surface area contributed by atoms with E-state index in [0.29, 0.717) is 18.6 Å². The molecule has 1 aromatic rings. The molecule has 0 aliphatic heterocycles. The van der Waals surface area contributed by atoms with Crippen molar-refractivity contribution in [2.24, 2.45) is 0 Å². The summed E-state index contributed by atoms with van der Waals surface area (Å²) in [4.78, 5) is 11.4. The van der Waals surface area contributed by atoms with Crippen LogP contribution in [0.3, 0.4) is 0 Å². The molecule has 0 radical (unpaired) electrons. The van der Waals surface area contributed by atoms with E-state index in [1.165, 1.54) is 11.8 Å². The average Bonchev–Trinajstić information content (AvgIpc) is 2.66. The van der Waals surface area contributed by atoms with Crippen LogP contribution in [0.15, 0.2) is 24.3 Å². The Bertz CT molecular complexity index is 378. The standard InChI is InChI=1S/C12H14O3S/c13-5-6-16-12(11(14)15)7-9-3-1-2-4-10(9)8-12/h1-4,13H,5-8H2,(H,14,15). The fraction of sp³-hybridized carbons (Fsp3) is 0.417. The third-order valence-electron chi connectivity index (χ3n) is 2.93. The molecule has 16 heavy (non-hydrogen) atoms. The number of hydrogen-bond donors (Lipinski definition) is 2. The Morgan fingerprint density at radius 3 is 2.31 bits per heavy atom. The summed E-state index contributed by atoms with van der Waals surface area (Å²) in [5, 5.41) is 18.2. The summed E-state index contributed by atoms with van der Waals surface area (Å²) in [6.07, 6.45) is 1.12. The molecule has 1 aromatic carbocycles. The van der Waals surface area contributed by atoms with Crippen LogP contribution in [0.25, 0.3) is 0 Å². The van der Waals surface area contributed by atoms with Gasteiger partial charge < -0.3 is 10.2 Å². The number of carbonyl (C=O) groups is 1. The molecule has 0 unspecified atom stereocenters. The zero-order valence-corrected chi connectivity index (χ0v) is 9.67. The van der Waals surface area contributed by atoms with Crippen LogP contribution in [0.4, 0.5) is 0 Å². The van der Waals surface area contributed by atoms with Crippen molar-refractivity contribution < 1.29 is 15.0 Å². The van der Waals surface area contributed by atoms with Gasteiger partial charge in [0, 0.05) is 5.75 Å². The van der Waals surface area contributed by atoms with E-state index in [1.807, 2.05) is 24.3 Å². The maximum atomic E-state index is 11.4. The van der Waals surface area contributed by atoms with Crippen molar-refractivity contribution >= 4 is 17.7 Å². The summed E-state index contributed by atoms with van der Waals surface area (Å²) in [5.41, 5.74) is 2.24. The summed E-state index contributed by atoms with van der Waals surface area (Å²) >= 11 is 1.35. The molecule has 86 valence electrons. The number of fused-ring (bicyclic) bond motifs is 1. The predicted molar refractivity (Wildman–Crippen MR) is 63.8 cm³/mol. The van der Waals surface area contributed by atoms with Gasteiger partial charge in [0.25, 0.3) is 0 Å². The minimum Gasteiger partial charge on any atom is -0.480 e. The Morgan fingerprint density at radius 1 is 1.31 bits per heavy atom. The summed E-state index contributed by atoms with van der Waals surface area (Å²) < 4.78 is -0.771. The van der Waals surface area contributed by atoms with E-state index in [1.54, 1.807) is 0 Å². The molecule has 0 spiro atoms. The van der Waals surface area contributed by atoms with Crippen LogP contribution < -0.4 is 0 Å². The highest BCUT2D eigenvalue weighted by Gasteiger charge is 2.44. The fourth-order valence-electron chi connectivity index (χ4n) is 2.14. The Balaban J connectivity index is 2.24. The maximum absolute atomic E-state index is 11.4. The van der Waals surface area contributed by atoms with Gasteiger partial charge in [-0.25, -0.2) is 0 Å².